The van der Waals surface area contributed by atoms with Crippen LogP contribution >= 0.6 is 0 Å². The van der Waals surface area contributed by atoms with Gasteiger partial charge in [-0.15, -0.1) is 0 Å². The first-order valence-corrected chi connectivity index (χ1v) is 11.7. The van der Waals surface area contributed by atoms with Gasteiger partial charge in [0, 0.05) is 11.1 Å². The van der Waals surface area contributed by atoms with Gasteiger partial charge < -0.3 is 0 Å². The van der Waals surface area contributed by atoms with Crippen molar-refractivity contribution in [2.24, 2.45) is 0 Å². The second-order valence-corrected chi connectivity index (χ2v) is 8.25. The van der Waals surface area contributed by atoms with Crippen LogP contribution in [0.25, 0.3) is 50.2 Å². The molecule has 0 aliphatic heterocycles. The molecule has 0 saturated heterocycles. The molecule has 1 heterocycles. The van der Waals surface area contributed by atoms with Gasteiger partial charge in [0.2, 0.25) is 0 Å². The van der Waals surface area contributed by atoms with Gasteiger partial charge in [0.15, 0.2) is 17.5 Å². The van der Waals surface area contributed by atoms with E-state index in [4.69, 9.17) is 0 Å². The Morgan fingerprint density at radius 3 is 2.28 bits per heavy atom. The lowest BCUT2D eigenvalue weighted by Gasteiger charge is -2.11. The molecule has 0 atom stereocenters. The minimum absolute atomic E-state index is 0.278. The second kappa shape index (κ2) is 10.3. The van der Waals surface area contributed by atoms with Crippen LogP contribution in [0.2, 0.25) is 0 Å². The van der Waals surface area contributed by atoms with Crippen LogP contribution in [-0.4, -0.2) is 15.0 Å². The highest BCUT2D eigenvalue weighted by atomic mass is 19.1. The molecule has 0 unspecified atom stereocenters. The number of hydrogen-bond acceptors (Lipinski definition) is 3. The normalized spacial score (nSPS) is 11.8. The third-order valence-electron chi connectivity index (χ3n) is 5.88. The van der Waals surface area contributed by atoms with Crippen molar-refractivity contribution in [1.82, 2.24) is 15.0 Å². The summed E-state index contributed by atoms with van der Waals surface area (Å²) in [7, 11) is 0. The first kappa shape index (κ1) is 23.1. The standard InChI is InChI=1S/C32H24FN3/c1-3-11-23(12-4-2)30-34-31(24-14-6-5-7-15-24)36-32(35-30)28-20-19-25(21-29(28)33)27-18-10-16-22-13-8-9-17-26(22)27/h3-21H,1H2,2H3/b12-4-,23-11+. The van der Waals surface area contributed by atoms with Crippen molar-refractivity contribution in [2.75, 3.05) is 0 Å². The Morgan fingerprint density at radius 2 is 1.50 bits per heavy atom. The summed E-state index contributed by atoms with van der Waals surface area (Å²) < 4.78 is 15.6. The maximum atomic E-state index is 15.6. The van der Waals surface area contributed by atoms with Gasteiger partial charge in [-0.05, 0) is 41.0 Å². The van der Waals surface area contributed by atoms with Gasteiger partial charge in [0.1, 0.15) is 5.82 Å². The van der Waals surface area contributed by atoms with Gasteiger partial charge in [-0.3, -0.25) is 0 Å². The zero-order chi connectivity index (χ0) is 24.9. The highest BCUT2D eigenvalue weighted by molar-refractivity contribution is 5.96. The molecule has 4 heteroatoms. The molecule has 0 bridgehead atoms. The monoisotopic (exact) mass is 469 g/mol. The van der Waals surface area contributed by atoms with E-state index in [0.717, 1.165) is 33.0 Å². The number of fused-ring (bicyclic) bond motifs is 1. The maximum absolute atomic E-state index is 15.6. The largest absolute Gasteiger partial charge is 0.208 e. The Morgan fingerprint density at radius 1 is 0.750 bits per heavy atom. The van der Waals surface area contributed by atoms with Gasteiger partial charge in [-0.2, -0.15) is 0 Å². The summed E-state index contributed by atoms with van der Waals surface area (Å²) in [6.07, 6.45) is 7.31. The molecule has 0 aliphatic rings. The minimum atomic E-state index is -0.392. The van der Waals surface area contributed by atoms with E-state index in [9.17, 15) is 0 Å². The molecular weight excluding hydrogens is 445 g/mol. The lowest BCUT2D eigenvalue weighted by Crippen LogP contribution is -2.03. The molecule has 0 aliphatic carbocycles. The van der Waals surface area contributed by atoms with E-state index in [2.05, 4.69) is 39.7 Å². The molecule has 5 aromatic rings. The number of nitrogens with zero attached hydrogens (tertiary/aromatic N) is 3. The lowest BCUT2D eigenvalue weighted by molar-refractivity contribution is 0.630. The Kier molecular flexibility index (Phi) is 6.59. The van der Waals surface area contributed by atoms with Crippen LogP contribution in [0.5, 0.6) is 0 Å². The minimum Gasteiger partial charge on any atom is -0.208 e. The molecule has 0 fully saturated rings. The van der Waals surface area contributed by atoms with Crippen LogP contribution in [0.1, 0.15) is 12.7 Å². The van der Waals surface area contributed by atoms with Gasteiger partial charge in [0.05, 0.1) is 5.56 Å². The Labute approximate surface area is 210 Å². The molecule has 4 aromatic carbocycles. The van der Waals surface area contributed by atoms with Crippen LogP contribution in [0.15, 0.2) is 122 Å². The Hall–Kier alpha value is -4.70. The summed E-state index contributed by atoms with van der Waals surface area (Å²) >= 11 is 0. The van der Waals surface area contributed by atoms with Gasteiger partial charge in [-0.25, -0.2) is 19.3 Å². The Bertz CT molecular complexity index is 1610. The van der Waals surface area contributed by atoms with Crippen LogP contribution in [0.4, 0.5) is 4.39 Å². The van der Waals surface area contributed by atoms with E-state index in [0.29, 0.717) is 17.2 Å². The zero-order valence-electron chi connectivity index (χ0n) is 19.9. The van der Waals surface area contributed by atoms with Crippen molar-refractivity contribution in [3.63, 3.8) is 0 Å². The summed E-state index contributed by atoms with van der Waals surface area (Å²) in [5, 5.41) is 2.19. The molecule has 0 N–H and O–H groups in total. The topological polar surface area (TPSA) is 38.7 Å². The summed E-state index contributed by atoms with van der Waals surface area (Å²) in [4.78, 5) is 14.0. The fourth-order valence-electron chi connectivity index (χ4n) is 4.19. The van der Waals surface area contributed by atoms with E-state index in [-0.39, 0.29) is 5.82 Å². The molecule has 5 rings (SSSR count). The summed E-state index contributed by atoms with van der Waals surface area (Å²) in [5.74, 6) is 0.819. The first-order valence-electron chi connectivity index (χ1n) is 11.7. The smallest absolute Gasteiger partial charge is 0.167 e. The van der Waals surface area contributed by atoms with E-state index >= 15 is 4.39 Å². The number of allylic oxidation sites excluding steroid dienone is 5. The summed E-state index contributed by atoms with van der Waals surface area (Å²) in [5.41, 5.74) is 3.68. The van der Waals surface area contributed by atoms with E-state index < -0.39 is 5.82 Å². The maximum Gasteiger partial charge on any atom is 0.167 e. The predicted molar refractivity (Wildman–Crippen MR) is 147 cm³/mol. The molecule has 36 heavy (non-hydrogen) atoms. The van der Waals surface area contributed by atoms with Crippen LogP contribution in [0.3, 0.4) is 0 Å². The fourth-order valence-corrected chi connectivity index (χ4v) is 4.19. The average Bonchev–Trinajstić information content (AvgIpc) is 2.93. The second-order valence-electron chi connectivity index (χ2n) is 8.25. The number of rotatable bonds is 6. The van der Waals surface area contributed by atoms with Crippen molar-refractivity contribution in [1.29, 1.82) is 0 Å². The number of benzene rings is 4. The summed E-state index contributed by atoms with van der Waals surface area (Å²) in [6, 6.07) is 29.0. The van der Waals surface area contributed by atoms with Crippen molar-refractivity contribution >= 4 is 16.3 Å². The highest BCUT2D eigenvalue weighted by Crippen LogP contribution is 2.32. The quantitative estimate of drug-likeness (QED) is 0.235. The third-order valence-corrected chi connectivity index (χ3v) is 5.88. The van der Waals surface area contributed by atoms with Gasteiger partial charge >= 0.3 is 0 Å². The highest BCUT2D eigenvalue weighted by Gasteiger charge is 2.16. The first-order chi connectivity index (χ1) is 17.7. The Balaban J connectivity index is 1.66. The molecule has 3 nitrogen and oxygen atoms in total. The molecular formula is C32H24FN3. The average molecular weight is 470 g/mol. The molecule has 0 spiro atoms. The fraction of sp³-hybridized carbons (Fsp3) is 0.0312. The summed E-state index contributed by atoms with van der Waals surface area (Å²) in [6.45, 7) is 5.72. The van der Waals surface area contributed by atoms with Crippen molar-refractivity contribution in [3.05, 3.63) is 134 Å². The number of halogens is 1. The number of aromatic nitrogens is 3. The predicted octanol–water partition coefficient (Wildman–Crippen LogP) is 8.31. The molecule has 0 saturated carbocycles. The van der Waals surface area contributed by atoms with E-state index in [1.54, 1.807) is 18.2 Å². The molecule has 0 amide bonds. The van der Waals surface area contributed by atoms with Crippen molar-refractivity contribution < 1.29 is 4.39 Å². The van der Waals surface area contributed by atoms with E-state index in [1.165, 1.54) is 0 Å². The molecule has 1 aromatic heterocycles. The van der Waals surface area contributed by atoms with E-state index in [1.807, 2.05) is 85.8 Å². The third kappa shape index (κ3) is 4.62. The van der Waals surface area contributed by atoms with Crippen molar-refractivity contribution in [3.8, 4) is 33.9 Å². The lowest BCUT2D eigenvalue weighted by atomic mass is 9.97. The van der Waals surface area contributed by atoms with Crippen LogP contribution < -0.4 is 0 Å². The van der Waals surface area contributed by atoms with Gasteiger partial charge in [-0.1, -0.05) is 110 Å². The molecule has 174 valence electrons. The zero-order valence-corrected chi connectivity index (χ0v) is 19.9. The van der Waals surface area contributed by atoms with Crippen LogP contribution in [0, 0.1) is 5.82 Å². The van der Waals surface area contributed by atoms with Gasteiger partial charge in [0.25, 0.3) is 0 Å². The number of hydrogen-bond donors (Lipinski definition) is 0. The van der Waals surface area contributed by atoms with Crippen LogP contribution in [-0.2, 0) is 0 Å². The van der Waals surface area contributed by atoms with Crippen molar-refractivity contribution in [2.45, 2.75) is 6.92 Å². The SMILES string of the molecule is C=C/C=C(\C=C/C)c1nc(-c2ccccc2)nc(-c2ccc(-c3cccc4ccccc34)cc2F)n1. The molecule has 0 radical (unpaired) electrons.